The van der Waals surface area contributed by atoms with Crippen LogP contribution in [0.4, 0.5) is 4.79 Å². The van der Waals surface area contributed by atoms with Gasteiger partial charge in [-0.25, -0.2) is 4.79 Å². The molecule has 2 rings (SSSR count). The van der Waals surface area contributed by atoms with E-state index in [4.69, 9.17) is 4.74 Å². The highest BCUT2D eigenvalue weighted by Gasteiger charge is 2.37. The van der Waals surface area contributed by atoms with Crippen molar-refractivity contribution in [2.24, 2.45) is 0 Å². The highest BCUT2D eigenvalue weighted by Crippen LogP contribution is 2.31. The van der Waals surface area contributed by atoms with Crippen molar-refractivity contribution in [3.05, 3.63) is 0 Å². The van der Waals surface area contributed by atoms with Crippen molar-refractivity contribution in [2.75, 3.05) is 6.54 Å². The van der Waals surface area contributed by atoms with Crippen LogP contribution in [0.15, 0.2) is 0 Å². The molecular formula is C17H28N2O4S. The number of rotatable bonds is 3. The Bertz CT molecular complexity index is 495. The van der Waals surface area contributed by atoms with Gasteiger partial charge in [-0.15, -0.1) is 0 Å². The van der Waals surface area contributed by atoms with E-state index < -0.39 is 5.60 Å². The van der Waals surface area contributed by atoms with Crippen molar-refractivity contribution < 1.29 is 19.1 Å². The SMILES string of the molecule is CC(=O)SC1CC(=O)N(C2CCC(NC(=O)OC(C)(C)C)CC2)C1. The molecular weight excluding hydrogens is 328 g/mol. The van der Waals surface area contributed by atoms with Crippen molar-refractivity contribution in [3.8, 4) is 0 Å². The summed E-state index contributed by atoms with van der Waals surface area (Å²) in [5, 5.41) is 3.08. The number of alkyl carbamates (subject to hydrolysis) is 1. The second kappa shape index (κ2) is 7.76. The van der Waals surface area contributed by atoms with Crippen LogP contribution in [0.3, 0.4) is 0 Å². The van der Waals surface area contributed by atoms with E-state index in [2.05, 4.69) is 5.32 Å². The molecule has 2 amide bonds. The number of carbonyl (C=O) groups is 3. The summed E-state index contributed by atoms with van der Waals surface area (Å²) >= 11 is 1.27. The van der Waals surface area contributed by atoms with Crippen LogP contribution in [0.1, 0.15) is 59.8 Å². The topological polar surface area (TPSA) is 75.7 Å². The lowest BCUT2D eigenvalue weighted by Crippen LogP contribution is -2.45. The molecule has 0 radical (unpaired) electrons. The molecule has 1 unspecified atom stereocenters. The number of hydrogen-bond donors (Lipinski definition) is 1. The minimum atomic E-state index is -0.493. The third kappa shape index (κ3) is 5.69. The van der Waals surface area contributed by atoms with E-state index in [1.807, 2.05) is 25.7 Å². The Kier molecular flexibility index (Phi) is 6.17. The molecule has 24 heavy (non-hydrogen) atoms. The molecule has 1 saturated heterocycles. The van der Waals surface area contributed by atoms with Crippen LogP contribution in [-0.2, 0) is 14.3 Å². The van der Waals surface area contributed by atoms with E-state index in [9.17, 15) is 14.4 Å². The van der Waals surface area contributed by atoms with Crippen LogP contribution in [-0.4, -0.2) is 51.5 Å². The molecule has 1 N–H and O–H groups in total. The first-order chi connectivity index (χ1) is 11.1. The second-order valence-electron chi connectivity index (χ2n) is 7.63. The molecule has 0 aromatic rings. The molecule has 0 bridgehead atoms. The summed E-state index contributed by atoms with van der Waals surface area (Å²) < 4.78 is 5.29. The highest BCUT2D eigenvalue weighted by molar-refractivity contribution is 8.14. The zero-order chi connectivity index (χ0) is 17.9. The van der Waals surface area contributed by atoms with Crippen LogP contribution in [0, 0.1) is 0 Å². The van der Waals surface area contributed by atoms with Crippen LogP contribution in [0.25, 0.3) is 0 Å². The van der Waals surface area contributed by atoms with Gasteiger partial charge in [-0.1, -0.05) is 11.8 Å². The van der Waals surface area contributed by atoms with Gasteiger partial charge >= 0.3 is 6.09 Å². The maximum Gasteiger partial charge on any atom is 0.407 e. The van der Waals surface area contributed by atoms with Gasteiger partial charge in [-0.2, -0.15) is 0 Å². The fraction of sp³-hybridized carbons (Fsp3) is 0.824. The fourth-order valence-corrected chi connectivity index (χ4v) is 4.30. The van der Waals surface area contributed by atoms with Crippen LogP contribution >= 0.6 is 11.8 Å². The zero-order valence-electron chi connectivity index (χ0n) is 15.0. The number of thioether (sulfide) groups is 1. The Morgan fingerprint density at radius 3 is 2.38 bits per heavy atom. The van der Waals surface area contributed by atoms with Gasteiger partial charge in [0.15, 0.2) is 5.12 Å². The summed E-state index contributed by atoms with van der Waals surface area (Å²) in [6.45, 7) is 7.75. The summed E-state index contributed by atoms with van der Waals surface area (Å²) in [6, 6.07) is 0.336. The van der Waals surface area contributed by atoms with Gasteiger partial charge in [0.25, 0.3) is 0 Å². The number of nitrogens with zero attached hydrogens (tertiary/aromatic N) is 1. The third-order valence-electron chi connectivity index (χ3n) is 4.31. The minimum Gasteiger partial charge on any atom is -0.444 e. The van der Waals surface area contributed by atoms with E-state index >= 15 is 0 Å². The van der Waals surface area contributed by atoms with Gasteiger partial charge in [0.1, 0.15) is 5.60 Å². The highest BCUT2D eigenvalue weighted by atomic mass is 32.2. The molecule has 1 atom stereocenters. The Hall–Kier alpha value is -1.24. The van der Waals surface area contributed by atoms with Crippen LogP contribution in [0.5, 0.6) is 0 Å². The molecule has 0 spiro atoms. The van der Waals surface area contributed by atoms with Crippen molar-refractivity contribution in [3.63, 3.8) is 0 Å². The number of ether oxygens (including phenoxy) is 1. The molecule has 0 aromatic heterocycles. The summed E-state index contributed by atoms with van der Waals surface area (Å²) in [7, 11) is 0. The molecule has 2 aliphatic rings. The van der Waals surface area contributed by atoms with Gasteiger partial charge in [-0.3, -0.25) is 9.59 Å². The number of hydrogen-bond acceptors (Lipinski definition) is 5. The second-order valence-corrected chi connectivity index (χ2v) is 9.11. The lowest BCUT2D eigenvalue weighted by Gasteiger charge is -2.35. The molecule has 1 aliphatic carbocycles. The van der Waals surface area contributed by atoms with E-state index in [1.54, 1.807) is 6.92 Å². The quantitative estimate of drug-likeness (QED) is 0.841. The first-order valence-corrected chi connectivity index (χ1v) is 9.48. The molecule has 0 aromatic carbocycles. The van der Waals surface area contributed by atoms with Crippen molar-refractivity contribution in [1.29, 1.82) is 0 Å². The predicted octanol–water partition coefficient (Wildman–Crippen LogP) is 2.70. The van der Waals surface area contributed by atoms with Crippen molar-refractivity contribution in [2.45, 2.75) is 82.7 Å². The number of nitrogens with one attached hydrogen (secondary N) is 1. The molecule has 2 fully saturated rings. The van der Waals surface area contributed by atoms with Gasteiger partial charge in [0.05, 0.1) is 0 Å². The normalized spacial score (nSPS) is 27.9. The standard InChI is InChI=1S/C17H28N2O4S/c1-11(20)24-14-9-15(21)19(10-14)13-7-5-12(6-8-13)18-16(22)23-17(2,3)4/h12-14H,5-10H2,1-4H3,(H,18,22). The first-order valence-electron chi connectivity index (χ1n) is 8.60. The van der Waals surface area contributed by atoms with E-state index in [0.717, 1.165) is 25.7 Å². The molecule has 136 valence electrons. The van der Waals surface area contributed by atoms with Gasteiger partial charge in [-0.05, 0) is 46.5 Å². The molecule has 1 aliphatic heterocycles. The van der Waals surface area contributed by atoms with Gasteiger partial charge in [0, 0.05) is 37.2 Å². The van der Waals surface area contributed by atoms with Crippen LogP contribution < -0.4 is 5.32 Å². The minimum absolute atomic E-state index is 0.0694. The van der Waals surface area contributed by atoms with E-state index in [1.165, 1.54) is 11.8 Å². The largest absolute Gasteiger partial charge is 0.444 e. The van der Waals surface area contributed by atoms with E-state index in [0.29, 0.717) is 13.0 Å². The number of likely N-dealkylation sites (tertiary alicyclic amines) is 1. The Morgan fingerprint density at radius 2 is 1.83 bits per heavy atom. The number of amides is 2. The van der Waals surface area contributed by atoms with Gasteiger partial charge < -0.3 is 15.0 Å². The molecule has 6 nitrogen and oxygen atoms in total. The zero-order valence-corrected chi connectivity index (χ0v) is 15.8. The predicted molar refractivity (Wildman–Crippen MR) is 93.8 cm³/mol. The first kappa shape index (κ1) is 19.1. The summed E-state index contributed by atoms with van der Waals surface area (Å²) in [5.41, 5.74) is -0.493. The maximum atomic E-state index is 12.2. The average Bonchev–Trinajstić information content (AvgIpc) is 2.77. The van der Waals surface area contributed by atoms with Crippen molar-refractivity contribution >= 4 is 28.9 Å². The Balaban J connectivity index is 1.77. The number of carbonyl (C=O) groups excluding carboxylic acids is 3. The average molecular weight is 356 g/mol. The third-order valence-corrected chi connectivity index (χ3v) is 5.29. The van der Waals surface area contributed by atoms with E-state index in [-0.39, 0.29) is 34.4 Å². The monoisotopic (exact) mass is 356 g/mol. The smallest absolute Gasteiger partial charge is 0.407 e. The van der Waals surface area contributed by atoms with Crippen LogP contribution in [0.2, 0.25) is 0 Å². The molecule has 7 heteroatoms. The molecule has 1 heterocycles. The summed E-state index contributed by atoms with van der Waals surface area (Å²) in [5.74, 6) is 0.150. The van der Waals surface area contributed by atoms with Gasteiger partial charge in [0.2, 0.25) is 5.91 Å². The molecule has 1 saturated carbocycles. The Labute approximate surface area is 148 Å². The van der Waals surface area contributed by atoms with Crippen molar-refractivity contribution in [1.82, 2.24) is 10.2 Å². The maximum absolute atomic E-state index is 12.2. The Morgan fingerprint density at radius 1 is 1.21 bits per heavy atom. The lowest BCUT2D eigenvalue weighted by atomic mass is 9.90. The summed E-state index contributed by atoms with van der Waals surface area (Å²) in [6.07, 6.45) is 3.53. The fourth-order valence-electron chi connectivity index (χ4n) is 3.37. The summed E-state index contributed by atoms with van der Waals surface area (Å²) in [4.78, 5) is 37.2. The lowest BCUT2D eigenvalue weighted by molar-refractivity contribution is -0.130.